The molecule has 174 valence electrons. The summed E-state index contributed by atoms with van der Waals surface area (Å²) in [6.45, 7) is 4.87. The van der Waals surface area contributed by atoms with Crippen LogP contribution >= 0.6 is 11.3 Å². The molecular weight excluding hydrogens is 463 g/mol. The second kappa shape index (κ2) is 9.66. The first-order valence-electron chi connectivity index (χ1n) is 10.7. The van der Waals surface area contributed by atoms with E-state index in [0.29, 0.717) is 41.8 Å². The number of benzene rings is 2. The highest BCUT2D eigenvalue weighted by atomic mass is 32.2. The van der Waals surface area contributed by atoms with Crippen LogP contribution in [0.4, 0.5) is 10.1 Å². The maximum Gasteiger partial charge on any atom is 0.286 e. The molecule has 0 atom stereocenters. The first-order valence-corrected chi connectivity index (χ1v) is 13.0. The molecule has 0 spiro atoms. The Bertz CT molecular complexity index is 1230. The van der Waals surface area contributed by atoms with Crippen LogP contribution in [-0.2, 0) is 10.0 Å². The number of aromatic nitrogens is 2. The normalized spacial score (nSPS) is 15.6. The number of rotatable bonds is 6. The van der Waals surface area contributed by atoms with Crippen molar-refractivity contribution in [3.05, 3.63) is 69.9 Å². The summed E-state index contributed by atoms with van der Waals surface area (Å²) < 4.78 is 41.3. The van der Waals surface area contributed by atoms with Crippen LogP contribution in [0, 0.1) is 5.82 Å². The Morgan fingerprint density at radius 1 is 1.09 bits per heavy atom. The van der Waals surface area contributed by atoms with E-state index in [0.717, 1.165) is 16.9 Å². The maximum absolute atomic E-state index is 13.8. The van der Waals surface area contributed by atoms with Gasteiger partial charge in [0.05, 0.1) is 10.6 Å². The zero-order valence-electron chi connectivity index (χ0n) is 18.4. The van der Waals surface area contributed by atoms with Crippen LogP contribution < -0.4 is 5.32 Å². The third-order valence-electron chi connectivity index (χ3n) is 5.74. The first-order chi connectivity index (χ1) is 15.8. The van der Waals surface area contributed by atoms with Crippen molar-refractivity contribution < 1.29 is 17.6 Å². The van der Waals surface area contributed by atoms with E-state index in [2.05, 4.69) is 29.4 Å². The molecular formula is C23H25FN4O3S2. The molecule has 1 aliphatic rings. The number of carbonyl (C=O) groups excluding carboxylic acids is 1. The Morgan fingerprint density at radius 2 is 1.76 bits per heavy atom. The molecule has 3 aromatic rings. The third-order valence-corrected chi connectivity index (χ3v) is 8.74. The number of halogens is 1. The predicted molar refractivity (Wildman–Crippen MR) is 126 cm³/mol. The minimum atomic E-state index is -3.56. The van der Waals surface area contributed by atoms with Crippen molar-refractivity contribution in [2.24, 2.45) is 0 Å². The number of nitrogens with zero attached hydrogens (tertiary/aromatic N) is 3. The third kappa shape index (κ3) is 5.13. The van der Waals surface area contributed by atoms with E-state index in [1.54, 1.807) is 24.3 Å². The van der Waals surface area contributed by atoms with Crippen molar-refractivity contribution in [1.29, 1.82) is 0 Å². The van der Waals surface area contributed by atoms with Crippen molar-refractivity contribution in [3.63, 3.8) is 0 Å². The fourth-order valence-corrected chi connectivity index (χ4v) is 6.12. The van der Waals surface area contributed by atoms with E-state index < -0.39 is 21.7 Å². The summed E-state index contributed by atoms with van der Waals surface area (Å²) in [5.41, 5.74) is 1.18. The van der Waals surface area contributed by atoms with Gasteiger partial charge in [0.2, 0.25) is 15.0 Å². The second-order valence-electron chi connectivity index (χ2n) is 8.28. The number of nitrogens with one attached hydrogen (secondary N) is 1. The van der Waals surface area contributed by atoms with Gasteiger partial charge >= 0.3 is 0 Å². The largest absolute Gasteiger partial charge is 0.317 e. The molecule has 10 heteroatoms. The van der Waals surface area contributed by atoms with Gasteiger partial charge in [-0.15, -0.1) is 10.2 Å². The number of carbonyl (C=O) groups is 1. The lowest BCUT2D eigenvalue weighted by Gasteiger charge is -2.30. The smallest absolute Gasteiger partial charge is 0.286 e. The molecule has 33 heavy (non-hydrogen) atoms. The van der Waals surface area contributed by atoms with E-state index in [4.69, 9.17) is 0 Å². The van der Waals surface area contributed by atoms with Gasteiger partial charge < -0.3 is 5.32 Å². The molecule has 1 saturated heterocycles. The topological polar surface area (TPSA) is 92.3 Å². The summed E-state index contributed by atoms with van der Waals surface area (Å²) in [4.78, 5) is 12.7. The predicted octanol–water partition coefficient (Wildman–Crippen LogP) is 4.62. The van der Waals surface area contributed by atoms with Gasteiger partial charge in [0, 0.05) is 19.0 Å². The van der Waals surface area contributed by atoms with Crippen LogP contribution in [0.2, 0.25) is 0 Å². The zero-order chi connectivity index (χ0) is 23.6. The summed E-state index contributed by atoms with van der Waals surface area (Å²) in [5.74, 6) is -0.688. The monoisotopic (exact) mass is 488 g/mol. The lowest BCUT2D eigenvalue weighted by molar-refractivity contribution is 0.102. The highest BCUT2D eigenvalue weighted by molar-refractivity contribution is 7.89. The van der Waals surface area contributed by atoms with Crippen LogP contribution in [0.3, 0.4) is 0 Å². The highest BCUT2D eigenvalue weighted by Crippen LogP contribution is 2.33. The lowest BCUT2D eigenvalue weighted by Crippen LogP contribution is -2.37. The molecule has 2 heterocycles. The average Bonchev–Trinajstić information content (AvgIpc) is 3.31. The van der Waals surface area contributed by atoms with Crippen LogP contribution in [0.25, 0.3) is 0 Å². The summed E-state index contributed by atoms with van der Waals surface area (Å²) in [5, 5.41) is 11.4. The van der Waals surface area contributed by atoms with E-state index >= 15 is 0 Å². The molecule has 1 amide bonds. The molecule has 0 bridgehead atoms. The molecule has 2 aromatic carbocycles. The molecule has 1 aliphatic heterocycles. The standard InChI is InChI=1S/C23H25FN4O3S2/c1-15(2)16-7-9-18(10-8-16)33(30,31)28-13-11-17(12-14-28)22-26-27-23(32-22)21(29)25-20-6-4-3-5-19(20)24/h3-10,15,17H,11-14H2,1-2H3,(H,25,29). The number of anilines is 1. The van der Waals surface area contributed by atoms with E-state index in [1.807, 2.05) is 12.1 Å². The minimum Gasteiger partial charge on any atom is -0.317 e. The van der Waals surface area contributed by atoms with Crippen LogP contribution in [0.15, 0.2) is 53.4 Å². The van der Waals surface area contributed by atoms with Gasteiger partial charge in [-0.2, -0.15) is 4.31 Å². The van der Waals surface area contributed by atoms with Gasteiger partial charge in [-0.3, -0.25) is 4.79 Å². The number of para-hydroxylation sites is 1. The molecule has 7 nitrogen and oxygen atoms in total. The Kier molecular flexibility index (Phi) is 6.87. The molecule has 1 fully saturated rings. The second-order valence-corrected chi connectivity index (χ2v) is 11.2. The molecule has 0 saturated carbocycles. The fraction of sp³-hybridized carbons (Fsp3) is 0.348. The summed E-state index contributed by atoms with van der Waals surface area (Å²) in [6.07, 6.45) is 1.18. The molecule has 1 aromatic heterocycles. The van der Waals surface area contributed by atoms with Gasteiger partial charge in [-0.1, -0.05) is 49.4 Å². The van der Waals surface area contributed by atoms with Gasteiger partial charge in [0.15, 0.2) is 0 Å². The summed E-state index contributed by atoms with van der Waals surface area (Å²) in [6, 6.07) is 13.0. The van der Waals surface area contributed by atoms with Crippen LogP contribution in [0.1, 0.15) is 58.9 Å². The van der Waals surface area contributed by atoms with Crippen molar-refractivity contribution >= 4 is 33.0 Å². The number of sulfonamides is 1. The van der Waals surface area contributed by atoms with Crippen molar-refractivity contribution in [2.45, 2.75) is 43.4 Å². The Labute approximate surface area is 196 Å². The highest BCUT2D eigenvalue weighted by Gasteiger charge is 2.31. The van der Waals surface area contributed by atoms with Gasteiger partial charge in [-0.25, -0.2) is 12.8 Å². The van der Waals surface area contributed by atoms with Crippen molar-refractivity contribution in [1.82, 2.24) is 14.5 Å². The number of hydrogen-bond acceptors (Lipinski definition) is 6. The average molecular weight is 489 g/mol. The number of amides is 1. The number of piperidine rings is 1. The van der Waals surface area contributed by atoms with Crippen molar-refractivity contribution in [3.8, 4) is 0 Å². The van der Waals surface area contributed by atoms with Crippen LogP contribution in [-0.4, -0.2) is 41.9 Å². The fourth-order valence-electron chi connectivity index (χ4n) is 3.75. The van der Waals surface area contributed by atoms with E-state index in [9.17, 15) is 17.6 Å². The molecule has 4 rings (SSSR count). The Hall–Kier alpha value is -2.69. The van der Waals surface area contributed by atoms with E-state index in [1.165, 1.54) is 16.4 Å². The molecule has 0 aliphatic carbocycles. The Balaban J connectivity index is 1.38. The van der Waals surface area contributed by atoms with E-state index in [-0.39, 0.29) is 16.6 Å². The van der Waals surface area contributed by atoms with Crippen LogP contribution in [0.5, 0.6) is 0 Å². The first kappa shape index (κ1) is 23.5. The quantitative estimate of drug-likeness (QED) is 0.547. The number of hydrogen-bond donors (Lipinski definition) is 1. The SMILES string of the molecule is CC(C)c1ccc(S(=O)(=O)N2CCC(c3nnc(C(=O)Nc4ccccc4F)s3)CC2)cc1. The zero-order valence-corrected chi connectivity index (χ0v) is 20.0. The van der Waals surface area contributed by atoms with Crippen molar-refractivity contribution in [2.75, 3.05) is 18.4 Å². The summed E-state index contributed by atoms with van der Waals surface area (Å²) in [7, 11) is -3.56. The lowest BCUT2D eigenvalue weighted by atomic mass is 9.99. The molecule has 0 unspecified atom stereocenters. The van der Waals surface area contributed by atoms with Gasteiger partial charge in [-0.05, 0) is 48.6 Å². The van der Waals surface area contributed by atoms with Gasteiger partial charge in [0.1, 0.15) is 10.8 Å². The minimum absolute atomic E-state index is 0.0206. The summed E-state index contributed by atoms with van der Waals surface area (Å²) >= 11 is 1.16. The molecule has 1 N–H and O–H groups in total. The van der Waals surface area contributed by atoms with Gasteiger partial charge in [0.25, 0.3) is 5.91 Å². The Morgan fingerprint density at radius 3 is 2.39 bits per heavy atom. The maximum atomic E-state index is 13.8. The molecule has 0 radical (unpaired) electrons.